The molecule has 0 unspecified atom stereocenters. The zero-order valence-corrected chi connectivity index (χ0v) is 13.3. The lowest BCUT2D eigenvalue weighted by atomic mass is 10.3. The van der Waals surface area contributed by atoms with Crippen molar-refractivity contribution in [3.05, 3.63) is 70.9 Å². The van der Waals surface area contributed by atoms with E-state index in [1.165, 1.54) is 5.56 Å². The largest absolute Gasteiger partial charge is 0.453 e. The average Bonchev–Trinajstić information content (AvgIpc) is 3.09. The maximum absolute atomic E-state index is 5.52. The molecule has 3 rings (SSSR count). The molecule has 21 heavy (non-hydrogen) atoms. The Labute approximate surface area is 132 Å². The van der Waals surface area contributed by atoms with E-state index in [0.717, 1.165) is 29.2 Å². The Bertz CT molecular complexity index is 705. The topological polar surface area (TPSA) is 34.2 Å². The summed E-state index contributed by atoms with van der Waals surface area (Å²) in [6.45, 7) is 1.59. The van der Waals surface area contributed by atoms with Crippen molar-refractivity contribution in [3.63, 3.8) is 0 Å². The van der Waals surface area contributed by atoms with E-state index in [4.69, 9.17) is 4.42 Å². The van der Waals surface area contributed by atoms with Crippen molar-refractivity contribution in [1.29, 1.82) is 0 Å². The molecule has 0 fully saturated rings. The van der Waals surface area contributed by atoms with Crippen LogP contribution in [-0.4, -0.2) is 21.7 Å². The van der Waals surface area contributed by atoms with Crippen LogP contribution in [0.25, 0.3) is 5.69 Å². The van der Waals surface area contributed by atoms with E-state index in [2.05, 4.69) is 39.2 Å². The van der Waals surface area contributed by atoms with Gasteiger partial charge in [0.25, 0.3) is 0 Å². The molecule has 0 N–H and O–H groups in total. The summed E-state index contributed by atoms with van der Waals surface area (Å²) < 4.78 is 8.18. The van der Waals surface area contributed by atoms with E-state index in [1.54, 1.807) is 0 Å². The Morgan fingerprint density at radius 2 is 1.95 bits per heavy atom. The normalized spacial score (nSPS) is 11.2. The number of benzene rings is 1. The summed E-state index contributed by atoms with van der Waals surface area (Å²) in [6, 6.07) is 14.0. The summed E-state index contributed by atoms with van der Waals surface area (Å²) in [5.74, 6) is 0.944. The average molecular weight is 346 g/mol. The van der Waals surface area contributed by atoms with Gasteiger partial charge in [0.2, 0.25) is 0 Å². The highest BCUT2D eigenvalue weighted by Crippen LogP contribution is 2.16. The lowest BCUT2D eigenvalue weighted by Gasteiger charge is -2.13. The van der Waals surface area contributed by atoms with E-state index in [1.807, 2.05) is 53.3 Å². The SMILES string of the molecule is CN(Cc1cnn(-c2ccccc2)c1)Cc1ccc(Br)o1. The molecule has 4 nitrogen and oxygen atoms in total. The molecule has 0 saturated heterocycles. The number of furan rings is 1. The first-order chi connectivity index (χ1) is 10.2. The van der Waals surface area contributed by atoms with Crippen LogP contribution >= 0.6 is 15.9 Å². The van der Waals surface area contributed by atoms with Crippen LogP contribution in [0.4, 0.5) is 0 Å². The molecule has 0 spiro atoms. The summed E-state index contributed by atoms with van der Waals surface area (Å²) in [5, 5.41) is 4.41. The van der Waals surface area contributed by atoms with E-state index in [9.17, 15) is 0 Å². The first-order valence-electron chi connectivity index (χ1n) is 6.72. The van der Waals surface area contributed by atoms with Crippen LogP contribution in [0, 0.1) is 0 Å². The fourth-order valence-electron chi connectivity index (χ4n) is 2.23. The van der Waals surface area contributed by atoms with Gasteiger partial charge in [-0.15, -0.1) is 0 Å². The monoisotopic (exact) mass is 345 g/mol. The van der Waals surface area contributed by atoms with Crippen molar-refractivity contribution in [3.8, 4) is 5.69 Å². The van der Waals surface area contributed by atoms with Gasteiger partial charge in [-0.3, -0.25) is 4.90 Å². The van der Waals surface area contributed by atoms with Crippen molar-refractivity contribution in [2.45, 2.75) is 13.1 Å². The first kappa shape index (κ1) is 14.1. The van der Waals surface area contributed by atoms with Crippen molar-refractivity contribution < 1.29 is 4.42 Å². The van der Waals surface area contributed by atoms with Crippen LogP contribution in [0.2, 0.25) is 0 Å². The number of hydrogen-bond acceptors (Lipinski definition) is 3. The Balaban J connectivity index is 1.64. The molecule has 108 valence electrons. The Kier molecular flexibility index (Phi) is 4.22. The molecule has 0 amide bonds. The number of para-hydroxylation sites is 1. The zero-order chi connectivity index (χ0) is 14.7. The fourth-order valence-corrected chi connectivity index (χ4v) is 2.57. The molecule has 0 saturated carbocycles. The molecule has 0 aliphatic rings. The second kappa shape index (κ2) is 6.28. The molecule has 5 heteroatoms. The van der Waals surface area contributed by atoms with E-state index >= 15 is 0 Å². The quantitative estimate of drug-likeness (QED) is 0.704. The van der Waals surface area contributed by atoms with Crippen LogP contribution in [0.15, 0.2) is 63.9 Å². The van der Waals surface area contributed by atoms with Gasteiger partial charge in [-0.05, 0) is 47.2 Å². The molecule has 3 aromatic rings. The van der Waals surface area contributed by atoms with Gasteiger partial charge in [0.1, 0.15) is 5.76 Å². The van der Waals surface area contributed by atoms with Crippen molar-refractivity contribution >= 4 is 15.9 Å². The maximum Gasteiger partial charge on any atom is 0.169 e. The molecule has 0 atom stereocenters. The minimum Gasteiger partial charge on any atom is -0.453 e. The number of halogens is 1. The van der Waals surface area contributed by atoms with Crippen molar-refractivity contribution in [2.24, 2.45) is 0 Å². The molecule has 0 aliphatic heterocycles. The minimum atomic E-state index is 0.766. The molecular formula is C16H16BrN3O. The van der Waals surface area contributed by atoms with Gasteiger partial charge in [0.05, 0.1) is 18.4 Å². The van der Waals surface area contributed by atoms with Crippen LogP contribution in [0.1, 0.15) is 11.3 Å². The molecule has 0 radical (unpaired) electrons. The Morgan fingerprint density at radius 1 is 1.14 bits per heavy atom. The lowest BCUT2D eigenvalue weighted by Crippen LogP contribution is -2.16. The van der Waals surface area contributed by atoms with Gasteiger partial charge in [-0.25, -0.2) is 4.68 Å². The van der Waals surface area contributed by atoms with Crippen LogP contribution in [-0.2, 0) is 13.1 Å². The van der Waals surface area contributed by atoms with Crippen molar-refractivity contribution in [2.75, 3.05) is 7.05 Å². The minimum absolute atomic E-state index is 0.766. The third-order valence-electron chi connectivity index (χ3n) is 3.16. The summed E-state index contributed by atoms with van der Waals surface area (Å²) >= 11 is 3.32. The van der Waals surface area contributed by atoms with Crippen LogP contribution in [0.5, 0.6) is 0 Å². The molecule has 0 bridgehead atoms. The molecule has 1 aromatic carbocycles. The van der Waals surface area contributed by atoms with Gasteiger partial charge in [-0.1, -0.05) is 18.2 Å². The predicted molar refractivity (Wildman–Crippen MR) is 85.1 cm³/mol. The smallest absolute Gasteiger partial charge is 0.169 e. The predicted octanol–water partition coefficient (Wildman–Crippen LogP) is 3.86. The highest BCUT2D eigenvalue weighted by Gasteiger charge is 2.07. The molecule has 0 aliphatic carbocycles. The lowest BCUT2D eigenvalue weighted by molar-refractivity contribution is 0.285. The Hall–Kier alpha value is -1.85. The fraction of sp³-hybridized carbons (Fsp3) is 0.188. The summed E-state index contributed by atoms with van der Waals surface area (Å²) in [5.41, 5.74) is 2.24. The Morgan fingerprint density at radius 3 is 2.67 bits per heavy atom. The summed E-state index contributed by atoms with van der Waals surface area (Å²) in [7, 11) is 2.07. The maximum atomic E-state index is 5.52. The first-order valence-corrected chi connectivity index (χ1v) is 7.52. The number of aromatic nitrogens is 2. The van der Waals surface area contributed by atoms with Crippen LogP contribution in [0.3, 0.4) is 0 Å². The summed E-state index contributed by atoms with van der Waals surface area (Å²) in [6.07, 6.45) is 3.96. The third-order valence-corrected chi connectivity index (χ3v) is 3.59. The van der Waals surface area contributed by atoms with E-state index < -0.39 is 0 Å². The number of rotatable bonds is 5. The highest BCUT2D eigenvalue weighted by molar-refractivity contribution is 9.10. The van der Waals surface area contributed by atoms with Gasteiger partial charge in [0.15, 0.2) is 4.67 Å². The van der Waals surface area contributed by atoms with Gasteiger partial charge >= 0.3 is 0 Å². The molecular weight excluding hydrogens is 330 g/mol. The summed E-state index contributed by atoms with van der Waals surface area (Å²) in [4.78, 5) is 2.19. The van der Waals surface area contributed by atoms with Gasteiger partial charge < -0.3 is 4.42 Å². The van der Waals surface area contributed by atoms with Crippen LogP contribution < -0.4 is 0 Å². The van der Waals surface area contributed by atoms with E-state index in [0.29, 0.717) is 0 Å². The zero-order valence-electron chi connectivity index (χ0n) is 11.7. The highest BCUT2D eigenvalue weighted by atomic mass is 79.9. The van der Waals surface area contributed by atoms with Crippen molar-refractivity contribution in [1.82, 2.24) is 14.7 Å². The molecule has 2 aromatic heterocycles. The second-order valence-electron chi connectivity index (χ2n) is 5.01. The second-order valence-corrected chi connectivity index (χ2v) is 5.79. The van der Waals surface area contributed by atoms with Gasteiger partial charge in [-0.2, -0.15) is 5.10 Å². The number of nitrogens with zero attached hydrogens (tertiary/aromatic N) is 3. The van der Waals surface area contributed by atoms with E-state index in [-0.39, 0.29) is 0 Å². The van der Waals surface area contributed by atoms with Gasteiger partial charge in [0, 0.05) is 18.3 Å². The molecule has 2 heterocycles. The third kappa shape index (κ3) is 3.62. The number of hydrogen-bond donors (Lipinski definition) is 0. The standard InChI is InChI=1S/C16H16BrN3O/c1-19(12-15-7-8-16(17)21-15)10-13-9-18-20(11-13)14-5-3-2-4-6-14/h2-9,11H,10,12H2,1H3.